The average molecular weight is 277 g/mol. The van der Waals surface area contributed by atoms with Gasteiger partial charge in [-0.05, 0) is 12.1 Å². The lowest BCUT2D eigenvalue weighted by atomic mass is 10.1. The maximum Gasteiger partial charge on any atom is 0.277 e. The van der Waals surface area contributed by atoms with Gasteiger partial charge in [0.1, 0.15) is 10.7 Å². The summed E-state index contributed by atoms with van der Waals surface area (Å²) >= 11 is 6.36. The Morgan fingerprint density at radius 1 is 1.44 bits per heavy atom. The molecule has 0 atom stereocenters. The van der Waals surface area contributed by atoms with Crippen molar-refractivity contribution < 1.29 is 4.79 Å². The number of rotatable bonds is 3. The highest BCUT2D eigenvalue weighted by atomic mass is 32.1. The number of para-hydroxylation sites is 1. The lowest BCUT2D eigenvalue weighted by Crippen LogP contribution is -2.28. The molecular formula is C12H11N3OS2. The number of hydrogen-bond donors (Lipinski definition) is 1. The number of thiazole rings is 1. The van der Waals surface area contributed by atoms with E-state index in [1.54, 1.807) is 30.1 Å². The third-order valence-electron chi connectivity index (χ3n) is 2.49. The number of amides is 1. The van der Waals surface area contributed by atoms with Crippen molar-refractivity contribution in [3.05, 3.63) is 46.4 Å². The number of thiocarbonyl (C=S) groups is 1. The molecule has 2 N–H and O–H groups in total. The Hall–Kier alpha value is -1.79. The number of carbonyl (C=O) groups is 1. The van der Waals surface area contributed by atoms with Crippen molar-refractivity contribution in [2.24, 2.45) is 5.73 Å². The van der Waals surface area contributed by atoms with Crippen molar-refractivity contribution in [3.8, 4) is 0 Å². The number of carbonyl (C=O) groups excluding carboxylic acids is 1. The quantitative estimate of drug-likeness (QED) is 0.872. The number of anilines is 1. The molecule has 1 aromatic heterocycles. The van der Waals surface area contributed by atoms with Gasteiger partial charge in [-0.3, -0.25) is 4.79 Å². The van der Waals surface area contributed by atoms with Gasteiger partial charge in [-0.1, -0.05) is 24.4 Å². The van der Waals surface area contributed by atoms with Crippen molar-refractivity contribution in [2.45, 2.75) is 0 Å². The molecule has 0 unspecified atom stereocenters. The lowest BCUT2D eigenvalue weighted by Gasteiger charge is -2.19. The number of nitrogens with two attached hydrogens (primary N) is 1. The molecule has 0 saturated heterocycles. The molecule has 0 aliphatic heterocycles. The fourth-order valence-corrected chi connectivity index (χ4v) is 2.27. The van der Waals surface area contributed by atoms with E-state index in [1.807, 2.05) is 12.1 Å². The minimum Gasteiger partial charge on any atom is -0.389 e. The van der Waals surface area contributed by atoms with E-state index in [1.165, 1.54) is 16.2 Å². The Morgan fingerprint density at radius 2 is 2.17 bits per heavy atom. The molecule has 0 radical (unpaired) electrons. The van der Waals surface area contributed by atoms with Gasteiger partial charge in [0, 0.05) is 18.0 Å². The molecule has 92 valence electrons. The van der Waals surface area contributed by atoms with E-state index < -0.39 is 0 Å². The SMILES string of the molecule is CN(C(=O)c1cscn1)c1ccccc1C(N)=S. The Kier molecular flexibility index (Phi) is 3.69. The van der Waals surface area contributed by atoms with Crippen LogP contribution in [0.15, 0.2) is 35.2 Å². The molecule has 0 saturated carbocycles. The standard InChI is InChI=1S/C12H11N3OS2/c1-15(12(16)9-6-18-7-14-9)10-5-3-2-4-8(10)11(13)17/h2-7H,1H3,(H2,13,17). The molecule has 1 heterocycles. The highest BCUT2D eigenvalue weighted by molar-refractivity contribution is 7.80. The fourth-order valence-electron chi connectivity index (χ4n) is 1.57. The van der Waals surface area contributed by atoms with E-state index in [-0.39, 0.29) is 10.9 Å². The molecule has 4 nitrogen and oxygen atoms in total. The van der Waals surface area contributed by atoms with E-state index in [4.69, 9.17) is 18.0 Å². The van der Waals surface area contributed by atoms with Crippen LogP contribution in [-0.2, 0) is 0 Å². The maximum atomic E-state index is 12.2. The Labute approximate surface area is 114 Å². The number of aromatic nitrogens is 1. The van der Waals surface area contributed by atoms with E-state index in [0.717, 1.165) is 0 Å². The van der Waals surface area contributed by atoms with Gasteiger partial charge in [-0.2, -0.15) is 0 Å². The molecule has 0 bridgehead atoms. The second-order valence-corrected chi connectivity index (χ2v) is 4.78. The van der Waals surface area contributed by atoms with Crippen LogP contribution in [-0.4, -0.2) is 22.9 Å². The summed E-state index contributed by atoms with van der Waals surface area (Å²) in [7, 11) is 1.68. The molecule has 1 amide bonds. The molecular weight excluding hydrogens is 266 g/mol. The predicted molar refractivity (Wildman–Crippen MR) is 77.2 cm³/mol. The molecule has 2 aromatic rings. The first-order valence-electron chi connectivity index (χ1n) is 5.16. The minimum atomic E-state index is -0.181. The summed E-state index contributed by atoms with van der Waals surface area (Å²) in [6.45, 7) is 0. The van der Waals surface area contributed by atoms with E-state index >= 15 is 0 Å². The molecule has 0 aliphatic carbocycles. The van der Waals surface area contributed by atoms with E-state index in [2.05, 4.69) is 4.98 Å². The second kappa shape index (κ2) is 5.24. The van der Waals surface area contributed by atoms with Crippen molar-refractivity contribution in [3.63, 3.8) is 0 Å². The third-order valence-corrected chi connectivity index (χ3v) is 3.29. The molecule has 2 rings (SSSR count). The van der Waals surface area contributed by atoms with Crippen LogP contribution in [0.2, 0.25) is 0 Å². The van der Waals surface area contributed by atoms with Crippen LogP contribution in [0.25, 0.3) is 0 Å². The predicted octanol–water partition coefficient (Wildman–Crippen LogP) is 2.05. The average Bonchev–Trinajstić information content (AvgIpc) is 2.90. The zero-order valence-electron chi connectivity index (χ0n) is 9.66. The van der Waals surface area contributed by atoms with Gasteiger partial charge in [-0.15, -0.1) is 11.3 Å². The van der Waals surface area contributed by atoms with Gasteiger partial charge in [0.25, 0.3) is 5.91 Å². The molecule has 6 heteroatoms. The first-order valence-corrected chi connectivity index (χ1v) is 6.51. The molecule has 0 fully saturated rings. The smallest absolute Gasteiger partial charge is 0.277 e. The van der Waals surface area contributed by atoms with Gasteiger partial charge in [-0.25, -0.2) is 4.98 Å². The number of hydrogen-bond acceptors (Lipinski definition) is 4. The lowest BCUT2D eigenvalue weighted by molar-refractivity contribution is 0.0989. The van der Waals surface area contributed by atoms with E-state index in [0.29, 0.717) is 16.9 Å². The second-order valence-electron chi connectivity index (χ2n) is 3.62. The van der Waals surface area contributed by atoms with E-state index in [9.17, 15) is 4.79 Å². The highest BCUT2D eigenvalue weighted by Gasteiger charge is 2.18. The largest absolute Gasteiger partial charge is 0.389 e. The third kappa shape index (κ3) is 2.39. The Bertz CT molecular complexity index is 581. The van der Waals surface area contributed by atoms with Crippen LogP contribution >= 0.6 is 23.6 Å². The zero-order valence-corrected chi connectivity index (χ0v) is 11.3. The summed E-state index contributed by atoms with van der Waals surface area (Å²) in [4.78, 5) is 17.9. The van der Waals surface area contributed by atoms with Crippen LogP contribution in [0, 0.1) is 0 Å². The first-order chi connectivity index (χ1) is 8.61. The van der Waals surface area contributed by atoms with Gasteiger partial charge in [0.05, 0.1) is 11.2 Å². The summed E-state index contributed by atoms with van der Waals surface area (Å²) in [5, 5.41) is 1.71. The van der Waals surface area contributed by atoms with Crippen LogP contribution in [0.3, 0.4) is 0 Å². The summed E-state index contributed by atoms with van der Waals surface area (Å²) in [5.41, 5.74) is 9.06. The zero-order chi connectivity index (χ0) is 13.1. The van der Waals surface area contributed by atoms with Crippen LogP contribution < -0.4 is 10.6 Å². The fraction of sp³-hybridized carbons (Fsp3) is 0.0833. The summed E-state index contributed by atoms with van der Waals surface area (Å²) in [6.07, 6.45) is 0. The summed E-state index contributed by atoms with van der Waals surface area (Å²) < 4.78 is 0. The molecule has 0 spiro atoms. The van der Waals surface area contributed by atoms with Crippen molar-refractivity contribution in [2.75, 3.05) is 11.9 Å². The Morgan fingerprint density at radius 3 is 2.78 bits per heavy atom. The topological polar surface area (TPSA) is 59.2 Å². The maximum absolute atomic E-state index is 12.2. The van der Waals surface area contributed by atoms with Gasteiger partial charge in [0.2, 0.25) is 0 Å². The number of nitrogens with zero attached hydrogens (tertiary/aromatic N) is 2. The van der Waals surface area contributed by atoms with Crippen LogP contribution in [0.5, 0.6) is 0 Å². The molecule has 1 aromatic carbocycles. The highest BCUT2D eigenvalue weighted by Crippen LogP contribution is 2.20. The van der Waals surface area contributed by atoms with Crippen molar-refractivity contribution >= 4 is 40.1 Å². The summed E-state index contributed by atoms with van der Waals surface area (Å²) in [5.74, 6) is -0.181. The van der Waals surface area contributed by atoms with Crippen molar-refractivity contribution in [1.82, 2.24) is 4.98 Å². The van der Waals surface area contributed by atoms with Gasteiger partial charge < -0.3 is 10.6 Å². The van der Waals surface area contributed by atoms with Gasteiger partial charge in [0.15, 0.2) is 0 Å². The summed E-state index contributed by atoms with van der Waals surface area (Å²) in [6, 6.07) is 7.27. The number of benzene rings is 1. The minimum absolute atomic E-state index is 0.181. The van der Waals surface area contributed by atoms with Gasteiger partial charge >= 0.3 is 0 Å². The van der Waals surface area contributed by atoms with Crippen molar-refractivity contribution in [1.29, 1.82) is 0 Å². The van der Waals surface area contributed by atoms with Crippen LogP contribution in [0.1, 0.15) is 16.1 Å². The normalized spacial score (nSPS) is 10.1. The molecule has 18 heavy (non-hydrogen) atoms. The molecule has 0 aliphatic rings. The Balaban J connectivity index is 2.37. The van der Waals surface area contributed by atoms with Crippen LogP contribution in [0.4, 0.5) is 5.69 Å². The first kappa shape index (κ1) is 12.7. The monoisotopic (exact) mass is 277 g/mol.